The Labute approximate surface area is 161 Å². The molecule has 1 aromatic heterocycles. The maximum Gasteiger partial charge on any atom is 0.332 e. The number of benzene rings is 2. The van der Waals surface area contributed by atoms with Gasteiger partial charge in [-0.2, -0.15) is 13.5 Å². The summed E-state index contributed by atoms with van der Waals surface area (Å²) in [5.74, 6) is 0.741. The molecule has 0 aliphatic rings. The van der Waals surface area contributed by atoms with Crippen LogP contribution in [0.2, 0.25) is 0 Å². The SMILES string of the molecule is COc1cc2cnn(C)c(=O)c2c(/C=C/S(=O)(=O)Oc2ccccc2)c1OC. The Balaban J connectivity index is 2.17. The van der Waals surface area contributed by atoms with Crippen molar-refractivity contribution in [2.75, 3.05) is 14.2 Å². The lowest BCUT2D eigenvalue weighted by molar-refractivity contribution is 0.355. The minimum atomic E-state index is -4.07. The van der Waals surface area contributed by atoms with Crippen molar-refractivity contribution in [2.45, 2.75) is 0 Å². The lowest BCUT2D eigenvalue weighted by atomic mass is 10.1. The highest BCUT2D eigenvalue weighted by atomic mass is 32.2. The number of aromatic nitrogens is 2. The van der Waals surface area contributed by atoms with Crippen molar-refractivity contribution >= 4 is 27.0 Å². The maximum absolute atomic E-state index is 12.6. The number of para-hydroxylation sites is 1. The van der Waals surface area contributed by atoms with E-state index in [0.29, 0.717) is 11.1 Å². The summed E-state index contributed by atoms with van der Waals surface area (Å²) in [5.41, 5.74) is -0.153. The van der Waals surface area contributed by atoms with Crippen molar-refractivity contribution < 1.29 is 22.1 Å². The molecular weight excluding hydrogens is 384 g/mol. The highest BCUT2D eigenvalue weighted by Gasteiger charge is 2.18. The average molecular weight is 402 g/mol. The fraction of sp³-hybridized carbons (Fsp3) is 0.158. The van der Waals surface area contributed by atoms with Crippen molar-refractivity contribution in [1.82, 2.24) is 9.78 Å². The molecule has 0 aliphatic carbocycles. The van der Waals surface area contributed by atoms with Crippen molar-refractivity contribution in [3.8, 4) is 17.2 Å². The van der Waals surface area contributed by atoms with E-state index < -0.39 is 15.7 Å². The first kappa shape index (κ1) is 19.4. The van der Waals surface area contributed by atoms with Gasteiger partial charge in [0, 0.05) is 18.0 Å². The molecule has 0 bridgehead atoms. The summed E-state index contributed by atoms with van der Waals surface area (Å²) in [6.45, 7) is 0. The largest absolute Gasteiger partial charge is 0.493 e. The minimum absolute atomic E-state index is 0.176. The van der Waals surface area contributed by atoms with Crippen LogP contribution in [0.25, 0.3) is 16.8 Å². The Morgan fingerprint density at radius 2 is 1.82 bits per heavy atom. The summed E-state index contributed by atoms with van der Waals surface area (Å²) in [7, 11) is 0.281. The summed E-state index contributed by atoms with van der Waals surface area (Å²) in [4.78, 5) is 12.6. The first-order valence-corrected chi connectivity index (χ1v) is 9.62. The third kappa shape index (κ3) is 3.84. The predicted octanol–water partition coefficient (Wildman–Crippen LogP) is 2.33. The molecule has 0 radical (unpaired) electrons. The first-order valence-electron chi connectivity index (χ1n) is 8.15. The molecule has 0 fully saturated rings. The van der Waals surface area contributed by atoms with Crippen molar-refractivity contribution in [1.29, 1.82) is 0 Å². The second-order valence-electron chi connectivity index (χ2n) is 5.76. The van der Waals surface area contributed by atoms with Crippen LogP contribution in [0.3, 0.4) is 0 Å². The Morgan fingerprint density at radius 1 is 1.11 bits per heavy atom. The number of rotatable bonds is 6. The van der Waals surface area contributed by atoms with E-state index in [1.807, 2.05) is 0 Å². The molecular formula is C19H18N2O6S. The van der Waals surface area contributed by atoms with E-state index >= 15 is 0 Å². The van der Waals surface area contributed by atoms with Gasteiger partial charge in [-0.1, -0.05) is 18.2 Å². The van der Waals surface area contributed by atoms with Gasteiger partial charge in [0.05, 0.1) is 31.2 Å². The molecule has 0 saturated heterocycles. The second kappa shape index (κ2) is 7.73. The molecule has 146 valence electrons. The van der Waals surface area contributed by atoms with Crippen LogP contribution in [0.15, 0.2) is 52.8 Å². The van der Waals surface area contributed by atoms with Crippen LogP contribution >= 0.6 is 0 Å². The van der Waals surface area contributed by atoms with E-state index in [2.05, 4.69) is 5.10 Å². The molecule has 28 heavy (non-hydrogen) atoms. The van der Waals surface area contributed by atoms with Gasteiger partial charge in [0.15, 0.2) is 11.5 Å². The van der Waals surface area contributed by atoms with E-state index in [1.165, 1.54) is 45.7 Å². The van der Waals surface area contributed by atoms with E-state index in [0.717, 1.165) is 10.1 Å². The molecule has 2 aromatic carbocycles. The van der Waals surface area contributed by atoms with Gasteiger partial charge in [-0.25, -0.2) is 4.68 Å². The number of nitrogens with zero attached hydrogens (tertiary/aromatic N) is 2. The van der Waals surface area contributed by atoms with Crippen LogP contribution in [-0.4, -0.2) is 32.4 Å². The standard InChI is InChI=1S/C19H18N2O6S/c1-21-19(22)17-13(12-20-21)11-16(25-2)18(26-3)15(17)9-10-28(23,24)27-14-7-5-4-6-8-14/h4-12H,1-3H3/b10-9+. The summed E-state index contributed by atoms with van der Waals surface area (Å²) in [6.07, 6.45) is 2.74. The molecule has 0 atom stereocenters. The molecule has 9 heteroatoms. The third-order valence-electron chi connectivity index (χ3n) is 3.97. The number of aryl methyl sites for hydroxylation is 1. The molecule has 0 unspecified atom stereocenters. The van der Waals surface area contributed by atoms with Gasteiger partial charge >= 0.3 is 10.1 Å². The van der Waals surface area contributed by atoms with E-state index in [4.69, 9.17) is 13.7 Å². The smallest absolute Gasteiger partial charge is 0.332 e. The number of hydrogen-bond donors (Lipinski definition) is 0. The van der Waals surface area contributed by atoms with Crippen LogP contribution < -0.4 is 19.2 Å². The molecule has 1 heterocycles. The normalized spacial score (nSPS) is 11.7. The number of hydrogen-bond acceptors (Lipinski definition) is 7. The summed E-state index contributed by atoms with van der Waals surface area (Å²) >= 11 is 0. The monoisotopic (exact) mass is 402 g/mol. The molecule has 8 nitrogen and oxygen atoms in total. The van der Waals surface area contributed by atoms with E-state index in [9.17, 15) is 13.2 Å². The minimum Gasteiger partial charge on any atom is -0.493 e. The van der Waals surface area contributed by atoms with Crippen LogP contribution in [0.1, 0.15) is 5.56 Å². The summed E-state index contributed by atoms with van der Waals surface area (Å²) < 4.78 is 41.5. The van der Waals surface area contributed by atoms with Gasteiger partial charge < -0.3 is 13.7 Å². The van der Waals surface area contributed by atoms with E-state index in [-0.39, 0.29) is 22.4 Å². The Hall–Kier alpha value is -3.33. The highest BCUT2D eigenvalue weighted by Crippen LogP contribution is 2.37. The summed E-state index contributed by atoms with van der Waals surface area (Å²) in [6, 6.07) is 9.71. The Morgan fingerprint density at radius 3 is 2.46 bits per heavy atom. The van der Waals surface area contributed by atoms with Crippen LogP contribution in [-0.2, 0) is 17.2 Å². The van der Waals surface area contributed by atoms with Crippen molar-refractivity contribution in [3.63, 3.8) is 0 Å². The van der Waals surface area contributed by atoms with Crippen molar-refractivity contribution in [2.24, 2.45) is 7.05 Å². The van der Waals surface area contributed by atoms with Gasteiger partial charge in [-0.15, -0.1) is 0 Å². The van der Waals surface area contributed by atoms with Gasteiger partial charge in [0.25, 0.3) is 5.56 Å². The molecule has 0 saturated carbocycles. The first-order chi connectivity index (χ1) is 13.4. The quantitative estimate of drug-likeness (QED) is 0.584. The zero-order chi connectivity index (χ0) is 20.3. The van der Waals surface area contributed by atoms with Gasteiger partial charge in [-0.05, 0) is 24.3 Å². The Kier molecular flexibility index (Phi) is 5.36. The lowest BCUT2D eigenvalue weighted by Crippen LogP contribution is -2.20. The fourth-order valence-electron chi connectivity index (χ4n) is 2.69. The van der Waals surface area contributed by atoms with Gasteiger partial charge in [-0.3, -0.25) is 4.79 Å². The molecule has 3 rings (SSSR count). The molecule has 0 aliphatic heterocycles. The maximum atomic E-state index is 12.6. The lowest BCUT2D eigenvalue weighted by Gasteiger charge is -2.13. The van der Waals surface area contributed by atoms with Crippen LogP contribution in [0.5, 0.6) is 17.2 Å². The average Bonchev–Trinajstić information content (AvgIpc) is 2.68. The number of methoxy groups -OCH3 is 2. The highest BCUT2D eigenvalue weighted by molar-refractivity contribution is 7.90. The zero-order valence-electron chi connectivity index (χ0n) is 15.4. The van der Waals surface area contributed by atoms with Gasteiger partial charge in [0.1, 0.15) is 5.75 Å². The van der Waals surface area contributed by atoms with Crippen LogP contribution in [0.4, 0.5) is 0 Å². The fourth-order valence-corrected chi connectivity index (χ4v) is 3.43. The molecule has 0 amide bonds. The molecule has 0 N–H and O–H groups in total. The number of fused-ring (bicyclic) bond motifs is 1. The predicted molar refractivity (Wildman–Crippen MR) is 105 cm³/mol. The second-order valence-corrected chi connectivity index (χ2v) is 7.18. The Bertz CT molecular complexity index is 1200. The van der Waals surface area contributed by atoms with Gasteiger partial charge in [0.2, 0.25) is 0 Å². The van der Waals surface area contributed by atoms with Crippen LogP contribution in [0, 0.1) is 0 Å². The van der Waals surface area contributed by atoms with E-state index in [1.54, 1.807) is 24.3 Å². The topological polar surface area (TPSA) is 96.7 Å². The van der Waals surface area contributed by atoms with Crippen molar-refractivity contribution in [3.05, 3.63) is 63.9 Å². The summed E-state index contributed by atoms with van der Waals surface area (Å²) in [5, 5.41) is 5.59. The number of ether oxygens (including phenoxy) is 2. The molecule has 3 aromatic rings. The molecule has 0 spiro atoms. The zero-order valence-corrected chi connectivity index (χ0v) is 16.3. The third-order valence-corrected chi connectivity index (χ3v) is 4.87.